The van der Waals surface area contributed by atoms with Crippen LogP contribution >= 0.6 is 0 Å². The van der Waals surface area contributed by atoms with E-state index in [2.05, 4.69) is 4.98 Å². The lowest BCUT2D eigenvalue weighted by atomic mass is 9.77. The van der Waals surface area contributed by atoms with Crippen LogP contribution in [0.15, 0.2) is 24.4 Å². The quantitative estimate of drug-likeness (QED) is 0.785. The molecule has 0 saturated carbocycles. The Morgan fingerprint density at radius 1 is 1.33 bits per heavy atom. The zero-order valence-electron chi connectivity index (χ0n) is 12.8. The molecule has 1 aromatic heterocycles. The summed E-state index contributed by atoms with van der Waals surface area (Å²) in [6.07, 6.45) is 3.50. The van der Waals surface area contributed by atoms with Gasteiger partial charge in [-0.1, -0.05) is 6.07 Å². The molecule has 0 unspecified atom stereocenters. The van der Waals surface area contributed by atoms with Crippen LogP contribution in [0.5, 0.6) is 0 Å². The first-order valence-corrected chi connectivity index (χ1v) is 7.22. The predicted molar refractivity (Wildman–Crippen MR) is 79.0 cm³/mol. The lowest BCUT2D eigenvalue weighted by Gasteiger charge is -2.38. The summed E-state index contributed by atoms with van der Waals surface area (Å²) in [6, 6.07) is 5.59. The molecule has 2 rings (SSSR count). The van der Waals surface area contributed by atoms with Crippen LogP contribution in [0.25, 0.3) is 0 Å². The molecule has 0 spiro atoms. The molecule has 1 aliphatic heterocycles. The number of amides is 1. The van der Waals surface area contributed by atoms with E-state index in [1.54, 1.807) is 11.1 Å². The first-order valence-electron chi connectivity index (χ1n) is 7.22. The number of rotatable bonds is 2. The van der Waals surface area contributed by atoms with Gasteiger partial charge in [-0.05, 0) is 45.7 Å². The molecule has 0 aliphatic carbocycles. The van der Waals surface area contributed by atoms with Gasteiger partial charge in [0.05, 0.1) is 11.1 Å². The molecule has 5 heteroatoms. The van der Waals surface area contributed by atoms with E-state index in [0.717, 1.165) is 12.0 Å². The van der Waals surface area contributed by atoms with Gasteiger partial charge in [0.25, 0.3) is 0 Å². The summed E-state index contributed by atoms with van der Waals surface area (Å²) in [5.41, 5.74) is -0.305. The monoisotopic (exact) mass is 290 g/mol. The molecule has 1 amide bonds. The topological polar surface area (TPSA) is 59.5 Å². The minimum absolute atomic E-state index is 0.317. The third-order valence-electron chi connectivity index (χ3n) is 3.71. The van der Waals surface area contributed by atoms with Gasteiger partial charge in [-0.3, -0.25) is 4.98 Å². The number of piperidine rings is 1. The molecule has 1 saturated heterocycles. The van der Waals surface area contributed by atoms with E-state index in [0.29, 0.717) is 25.9 Å². The Morgan fingerprint density at radius 2 is 2.00 bits per heavy atom. The van der Waals surface area contributed by atoms with E-state index in [1.807, 2.05) is 39.0 Å². The summed E-state index contributed by atoms with van der Waals surface area (Å²) in [7, 11) is 0. The molecule has 0 bridgehead atoms. The summed E-state index contributed by atoms with van der Waals surface area (Å²) in [4.78, 5) is 29.6. The Kier molecular flexibility index (Phi) is 4.30. The summed E-state index contributed by atoms with van der Waals surface area (Å²) < 4.78 is 5.37. The van der Waals surface area contributed by atoms with E-state index in [9.17, 15) is 9.59 Å². The number of aldehydes is 1. The van der Waals surface area contributed by atoms with Crippen molar-refractivity contribution in [2.24, 2.45) is 0 Å². The molecular formula is C16H22N2O3. The van der Waals surface area contributed by atoms with Crippen LogP contribution in [-0.2, 0) is 14.9 Å². The number of pyridine rings is 1. The summed E-state index contributed by atoms with van der Waals surface area (Å²) in [5.74, 6) is 0. The van der Waals surface area contributed by atoms with Gasteiger partial charge in [-0.2, -0.15) is 0 Å². The lowest BCUT2D eigenvalue weighted by Crippen LogP contribution is -2.47. The van der Waals surface area contributed by atoms with Crippen LogP contribution in [-0.4, -0.2) is 41.0 Å². The molecule has 21 heavy (non-hydrogen) atoms. The lowest BCUT2D eigenvalue weighted by molar-refractivity contribution is -0.114. The zero-order valence-corrected chi connectivity index (χ0v) is 12.8. The highest BCUT2D eigenvalue weighted by atomic mass is 16.6. The fourth-order valence-corrected chi connectivity index (χ4v) is 2.51. The number of carbonyl (C=O) groups is 2. The summed E-state index contributed by atoms with van der Waals surface area (Å²) >= 11 is 0. The third kappa shape index (κ3) is 3.60. The standard InChI is InChI=1S/C16H22N2O3/c1-15(2,3)21-14(20)18-10-7-16(12-19,8-11-18)13-6-4-5-9-17-13/h4-6,9,12H,7-8,10-11H2,1-3H3. The maximum absolute atomic E-state index is 12.0. The fourth-order valence-electron chi connectivity index (χ4n) is 2.51. The van der Waals surface area contributed by atoms with Crippen LogP contribution in [0.4, 0.5) is 4.79 Å². The number of carbonyl (C=O) groups excluding carboxylic acids is 2. The van der Waals surface area contributed by atoms with Crippen molar-refractivity contribution in [3.63, 3.8) is 0 Å². The average molecular weight is 290 g/mol. The predicted octanol–water partition coefficient (Wildman–Crippen LogP) is 2.55. The average Bonchev–Trinajstić information content (AvgIpc) is 2.46. The molecule has 1 aromatic rings. The molecule has 114 valence electrons. The van der Waals surface area contributed by atoms with E-state index < -0.39 is 11.0 Å². The second kappa shape index (κ2) is 5.84. The van der Waals surface area contributed by atoms with Crippen molar-refractivity contribution in [1.29, 1.82) is 0 Å². The SMILES string of the molecule is CC(C)(C)OC(=O)N1CCC(C=O)(c2ccccn2)CC1. The van der Waals surface area contributed by atoms with Crippen LogP contribution in [0.2, 0.25) is 0 Å². The number of hydrogen-bond donors (Lipinski definition) is 0. The molecule has 0 aromatic carbocycles. The Hall–Kier alpha value is -1.91. The second-order valence-corrected chi connectivity index (χ2v) is 6.46. The molecule has 1 fully saturated rings. The molecule has 0 atom stereocenters. The van der Waals surface area contributed by atoms with Crippen molar-refractivity contribution >= 4 is 12.4 Å². The Labute approximate surface area is 125 Å². The van der Waals surface area contributed by atoms with E-state index in [1.165, 1.54) is 0 Å². The molecule has 0 N–H and O–H groups in total. The summed E-state index contributed by atoms with van der Waals surface area (Å²) in [5, 5.41) is 0. The van der Waals surface area contributed by atoms with Gasteiger partial charge in [0.2, 0.25) is 0 Å². The zero-order chi connectivity index (χ0) is 15.5. The van der Waals surface area contributed by atoms with Crippen molar-refractivity contribution in [2.45, 2.75) is 44.6 Å². The minimum atomic E-state index is -0.584. The van der Waals surface area contributed by atoms with Crippen molar-refractivity contribution in [3.8, 4) is 0 Å². The van der Waals surface area contributed by atoms with Gasteiger partial charge in [-0.25, -0.2) is 4.79 Å². The number of nitrogens with zero attached hydrogens (tertiary/aromatic N) is 2. The van der Waals surface area contributed by atoms with Crippen LogP contribution in [0.1, 0.15) is 39.3 Å². The maximum atomic E-state index is 12.0. The van der Waals surface area contributed by atoms with Gasteiger partial charge in [0, 0.05) is 19.3 Å². The highest BCUT2D eigenvalue weighted by Gasteiger charge is 2.39. The van der Waals surface area contributed by atoms with Crippen molar-refractivity contribution < 1.29 is 14.3 Å². The Morgan fingerprint density at radius 3 is 2.48 bits per heavy atom. The second-order valence-electron chi connectivity index (χ2n) is 6.46. The van der Waals surface area contributed by atoms with Crippen LogP contribution in [0, 0.1) is 0 Å². The van der Waals surface area contributed by atoms with Gasteiger partial charge < -0.3 is 14.4 Å². The highest BCUT2D eigenvalue weighted by Crippen LogP contribution is 2.32. The van der Waals surface area contributed by atoms with Gasteiger partial charge in [0.15, 0.2) is 0 Å². The first-order chi connectivity index (χ1) is 9.86. The maximum Gasteiger partial charge on any atom is 0.410 e. The van der Waals surface area contributed by atoms with Crippen molar-refractivity contribution in [1.82, 2.24) is 9.88 Å². The van der Waals surface area contributed by atoms with Gasteiger partial charge >= 0.3 is 6.09 Å². The van der Waals surface area contributed by atoms with Gasteiger partial charge in [-0.15, -0.1) is 0 Å². The summed E-state index contributed by atoms with van der Waals surface area (Å²) in [6.45, 7) is 6.55. The third-order valence-corrected chi connectivity index (χ3v) is 3.71. The largest absolute Gasteiger partial charge is 0.444 e. The number of ether oxygens (including phenoxy) is 1. The molecule has 0 radical (unpaired) electrons. The number of hydrogen-bond acceptors (Lipinski definition) is 4. The molecule has 5 nitrogen and oxygen atoms in total. The van der Waals surface area contributed by atoms with E-state index in [-0.39, 0.29) is 6.09 Å². The van der Waals surface area contributed by atoms with E-state index in [4.69, 9.17) is 4.74 Å². The normalized spacial score (nSPS) is 18.1. The minimum Gasteiger partial charge on any atom is -0.444 e. The molecule has 2 heterocycles. The van der Waals surface area contributed by atoms with Crippen LogP contribution in [0.3, 0.4) is 0 Å². The Balaban J connectivity index is 2.05. The molecule has 1 aliphatic rings. The van der Waals surface area contributed by atoms with E-state index >= 15 is 0 Å². The molecular weight excluding hydrogens is 268 g/mol. The fraction of sp³-hybridized carbons (Fsp3) is 0.562. The smallest absolute Gasteiger partial charge is 0.410 e. The van der Waals surface area contributed by atoms with Gasteiger partial charge in [0.1, 0.15) is 11.9 Å². The van der Waals surface area contributed by atoms with Crippen molar-refractivity contribution in [3.05, 3.63) is 30.1 Å². The number of aromatic nitrogens is 1. The highest BCUT2D eigenvalue weighted by molar-refractivity contribution is 5.71. The van der Waals surface area contributed by atoms with Crippen LogP contribution < -0.4 is 0 Å². The number of likely N-dealkylation sites (tertiary alicyclic amines) is 1. The Bertz CT molecular complexity index is 500. The first kappa shape index (κ1) is 15.5. The van der Waals surface area contributed by atoms with Crippen molar-refractivity contribution in [2.75, 3.05) is 13.1 Å².